The van der Waals surface area contributed by atoms with Crippen molar-refractivity contribution in [3.05, 3.63) is 96.3 Å². The van der Waals surface area contributed by atoms with Crippen LogP contribution in [0.5, 0.6) is 0 Å². The molecular formula is C34H41N9O3. The van der Waals surface area contributed by atoms with Crippen LogP contribution in [0.25, 0.3) is 11.2 Å². The second-order valence-electron chi connectivity index (χ2n) is 11.8. The Balaban J connectivity index is 1.30. The predicted octanol–water partition coefficient (Wildman–Crippen LogP) is 3.85. The minimum absolute atomic E-state index is 0.0207. The van der Waals surface area contributed by atoms with Crippen molar-refractivity contribution in [1.82, 2.24) is 34.4 Å². The maximum atomic E-state index is 12.1. The minimum Gasteiger partial charge on any atom is -0.367 e. The number of amides is 1. The van der Waals surface area contributed by atoms with Crippen molar-refractivity contribution < 1.29 is 15.0 Å². The van der Waals surface area contributed by atoms with Gasteiger partial charge in [-0.25, -0.2) is 9.97 Å². The Bertz CT molecular complexity index is 1710. The number of nitrogens with one attached hydrogen (secondary N) is 3. The number of hydrogen-bond acceptors (Lipinski definition) is 9. The molecule has 1 aliphatic rings. The van der Waals surface area contributed by atoms with E-state index in [4.69, 9.17) is 15.0 Å². The molecule has 3 aromatic heterocycles. The van der Waals surface area contributed by atoms with Crippen molar-refractivity contribution in [2.45, 2.75) is 69.9 Å². The third kappa shape index (κ3) is 6.87. The van der Waals surface area contributed by atoms with Crippen molar-refractivity contribution in [3.63, 3.8) is 0 Å². The van der Waals surface area contributed by atoms with Crippen molar-refractivity contribution in [3.8, 4) is 0 Å². The fourth-order valence-electron chi connectivity index (χ4n) is 6.11. The van der Waals surface area contributed by atoms with Crippen molar-refractivity contribution >= 4 is 28.8 Å². The normalized spacial score (nSPS) is 17.4. The van der Waals surface area contributed by atoms with Crippen LogP contribution in [0.15, 0.2) is 79.5 Å². The molecule has 5 aromatic rings. The van der Waals surface area contributed by atoms with Gasteiger partial charge in [0.2, 0.25) is 11.9 Å². The lowest BCUT2D eigenvalue weighted by Gasteiger charge is -2.24. The zero-order chi connectivity index (χ0) is 32.1. The Hall–Kier alpha value is -4.81. The van der Waals surface area contributed by atoms with E-state index < -0.39 is 11.8 Å². The average molecular weight is 624 g/mol. The summed E-state index contributed by atoms with van der Waals surface area (Å²) in [5, 5.41) is 31.3. The Morgan fingerprint density at radius 3 is 2.35 bits per heavy atom. The zero-order valence-corrected chi connectivity index (χ0v) is 26.2. The Labute approximate surface area is 268 Å². The van der Waals surface area contributed by atoms with Gasteiger partial charge in [0.25, 0.3) is 0 Å². The largest absolute Gasteiger partial charge is 0.367 e. The van der Waals surface area contributed by atoms with Crippen LogP contribution in [0.4, 0.5) is 11.8 Å². The number of aryl methyl sites for hydroxylation is 1. The summed E-state index contributed by atoms with van der Waals surface area (Å²) in [5.41, 5.74) is 4.47. The van der Waals surface area contributed by atoms with Crippen molar-refractivity contribution in [1.29, 1.82) is 0 Å². The summed E-state index contributed by atoms with van der Waals surface area (Å²) in [6.07, 6.45) is 6.83. The molecule has 1 amide bonds. The van der Waals surface area contributed by atoms with Gasteiger partial charge in [-0.15, -0.1) is 0 Å². The van der Waals surface area contributed by atoms with E-state index in [1.165, 1.54) is 11.1 Å². The number of carbonyl (C=O) groups is 1. The number of fused-ring (bicyclic) bond motifs is 1. The van der Waals surface area contributed by atoms with Crippen LogP contribution in [0, 0.1) is 0 Å². The lowest BCUT2D eigenvalue weighted by molar-refractivity contribution is -0.174. The molecule has 0 spiro atoms. The first-order valence-electron chi connectivity index (χ1n) is 15.9. The third-order valence-corrected chi connectivity index (χ3v) is 8.67. The average Bonchev–Trinajstić information content (AvgIpc) is 3.79. The molecule has 5 N–H and O–H groups in total. The van der Waals surface area contributed by atoms with Crippen LogP contribution in [0.2, 0.25) is 0 Å². The van der Waals surface area contributed by atoms with Gasteiger partial charge in [0.1, 0.15) is 0 Å². The summed E-state index contributed by atoms with van der Waals surface area (Å²) in [4.78, 5) is 31.0. The topological polar surface area (TPSA) is 155 Å². The first-order valence-corrected chi connectivity index (χ1v) is 15.9. The van der Waals surface area contributed by atoms with Gasteiger partial charge in [-0.05, 0) is 24.5 Å². The van der Waals surface area contributed by atoms with E-state index in [0.29, 0.717) is 48.9 Å². The number of nitrogens with zero attached hydrogens (tertiary/aromatic N) is 6. The molecule has 0 radical (unpaired) electrons. The predicted molar refractivity (Wildman–Crippen MR) is 176 cm³/mol. The summed E-state index contributed by atoms with van der Waals surface area (Å²) in [6.45, 7) is 5.80. The molecule has 0 aliphatic heterocycles. The molecule has 2 atom stereocenters. The summed E-state index contributed by atoms with van der Waals surface area (Å²) >= 11 is 0. The van der Waals surface area contributed by atoms with E-state index in [9.17, 15) is 15.0 Å². The summed E-state index contributed by atoms with van der Waals surface area (Å²) in [6, 6.07) is 19.5. The molecule has 0 saturated heterocycles. The molecule has 2 aromatic carbocycles. The van der Waals surface area contributed by atoms with E-state index in [1.807, 2.05) is 58.1 Å². The van der Waals surface area contributed by atoms with Crippen LogP contribution in [0.1, 0.15) is 61.9 Å². The molecule has 0 unspecified atom stereocenters. The molecule has 3 heterocycles. The fraction of sp³-hybridized carbons (Fsp3) is 0.382. The molecule has 1 aliphatic carbocycles. The highest BCUT2D eigenvalue weighted by molar-refractivity contribution is 5.84. The Kier molecular flexibility index (Phi) is 9.27. The molecule has 12 nitrogen and oxygen atoms in total. The number of hydrogen-bond donors (Lipinski definition) is 5. The van der Waals surface area contributed by atoms with Gasteiger partial charge in [-0.2, -0.15) is 9.97 Å². The number of rotatable bonds is 13. The summed E-state index contributed by atoms with van der Waals surface area (Å²) < 4.78 is 3.90. The lowest BCUT2D eigenvalue weighted by atomic mass is 9.91. The van der Waals surface area contributed by atoms with Gasteiger partial charge in [-0.1, -0.05) is 67.6 Å². The quantitative estimate of drug-likeness (QED) is 0.123. The van der Waals surface area contributed by atoms with Crippen LogP contribution in [-0.4, -0.2) is 70.1 Å². The van der Waals surface area contributed by atoms with E-state index in [-0.39, 0.29) is 30.7 Å². The number of anilines is 2. The van der Waals surface area contributed by atoms with Crippen molar-refractivity contribution in [2.75, 3.05) is 23.7 Å². The minimum atomic E-state index is -2.05. The van der Waals surface area contributed by atoms with Gasteiger partial charge in [0.15, 0.2) is 22.8 Å². The number of aliphatic hydroxyl groups is 2. The highest BCUT2D eigenvalue weighted by Crippen LogP contribution is 2.38. The number of benzene rings is 2. The molecule has 46 heavy (non-hydrogen) atoms. The number of aromatic nitrogens is 6. The molecule has 0 bridgehead atoms. The molecule has 12 heteroatoms. The number of carbonyl (C=O) groups excluding carboxylic acids is 1. The van der Waals surface area contributed by atoms with E-state index in [2.05, 4.69) is 52.1 Å². The van der Waals surface area contributed by atoms with E-state index in [1.54, 1.807) is 13.3 Å². The Morgan fingerprint density at radius 1 is 0.978 bits per heavy atom. The lowest BCUT2D eigenvalue weighted by Crippen LogP contribution is -2.48. The highest BCUT2D eigenvalue weighted by Gasteiger charge is 2.46. The molecular weight excluding hydrogens is 582 g/mol. The number of imidazole rings is 2. The second kappa shape index (κ2) is 13.7. The third-order valence-electron chi connectivity index (χ3n) is 8.67. The van der Waals surface area contributed by atoms with E-state index in [0.717, 1.165) is 12.2 Å². The maximum absolute atomic E-state index is 12.1. The molecule has 240 valence electrons. The van der Waals surface area contributed by atoms with Crippen LogP contribution < -0.4 is 16.0 Å². The monoisotopic (exact) mass is 623 g/mol. The maximum Gasteiger partial charge on any atom is 0.226 e. The first-order chi connectivity index (χ1) is 22.3. The SMILES string of the molecule is CCC(=O)N[C@H]1C[C@@H](n2cnc3c(NCC(c4ccccc4)c4ccccc4)nc(NCCc4cn(CC)cn4)nc32)CC1(O)O. The van der Waals surface area contributed by atoms with Crippen LogP contribution in [0.3, 0.4) is 0 Å². The molecule has 1 saturated carbocycles. The zero-order valence-electron chi connectivity index (χ0n) is 26.2. The van der Waals surface area contributed by atoms with Gasteiger partial charge in [0, 0.05) is 57.1 Å². The first kappa shape index (κ1) is 31.2. The van der Waals surface area contributed by atoms with Crippen LogP contribution >= 0.6 is 0 Å². The molecule has 6 rings (SSSR count). The summed E-state index contributed by atoms with van der Waals surface area (Å²) in [5.74, 6) is -1.23. The standard InChI is InChI=1S/C34H41N9O3/c1-3-29(44)39-28-17-26(18-34(28,45)46)43-22-38-30-31(36-19-27(23-11-7-5-8-12-23)24-13-9-6-10-14-24)40-33(41-32(30)43)35-16-15-25-20-42(4-2)21-37-25/h5-14,20-22,26-28,45-46H,3-4,15-19H2,1-2H3,(H,39,44)(H2,35,36,40,41)/t26-,28+/m1/s1. The van der Waals surface area contributed by atoms with Crippen LogP contribution in [-0.2, 0) is 17.8 Å². The van der Waals surface area contributed by atoms with Gasteiger partial charge >= 0.3 is 0 Å². The van der Waals surface area contributed by atoms with Gasteiger partial charge < -0.3 is 35.3 Å². The van der Waals surface area contributed by atoms with Crippen molar-refractivity contribution in [2.24, 2.45) is 0 Å². The fourth-order valence-corrected chi connectivity index (χ4v) is 6.11. The highest BCUT2D eigenvalue weighted by atomic mass is 16.5. The second-order valence-corrected chi connectivity index (χ2v) is 11.8. The molecule has 1 fully saturated rings. The van der Waals surface area contributed by atoms with Gasteiger partial charge in [0.05, 0.1) is 24.4 Å². The van der Waals surface area contributed by atoms with E-state index >= 15 is 0 Å². The Morgan fingerprint density at radius 2 is 1.70 bits per heavy atom. The smallest absolute Gasteiger partial charge is 0.226 e. The summed E-state index contributed by atoms with van der Waals surface area (Å²) in [7, 11) is 0. The van der Waals surface area contributed by atoms with Gasteiger partial charge in [-0.3, -0.25) is 4.79 Å².